The van der Waals surface area contributed by atoms with Gasteiger partial charge in [0.15, 0.2) is 10.6 Å². The van der Waals surface area contributed by atoms with Gasteiger partial charge in [-0.3, -0.25) is 19.9 Å². The SMILES string of the molecule is CSC1=N[C@@]2(C(=O)N(C)c3ccccc32)[C@@H]2c3ccc(-c4ccccc4)cc3S[C@]12[N+](=O)[O-]. The molecule has 0 aliphatic carbocycles. The molecule has 1 amide bonds. The molecule has 33 heavy (non-hydrogen) atoms. The average Bonchev–Trinajstić information content (AvgIpc) is 3.42. The lowest BCUT2D eigenvalue weighted by atomic mass is 9.74. The van der Waals surface area contributed by atoms with Crippen LogP contribution in [0, 0.1) is 10.1 Å². The minimum absolute atomic E-state index is 0.218. The normalized spacial score (nSPS) is 26.8. The first-order chi connectivity index (χ1) is 15.9. The topological polar surface area (TPSA) is 75.8 Å². The first-order valence-electron chi connectivity index (χ1n) is 10.5. The maximum Gasteiger partial charge on any atom is 0.328 e. The van der Waals surface area contributed by atoms with Gasteiger partial charge in [-0.15, -0.1) is 11.8 Å². The van der Waals surface area contributed by atoms with Gasteiger partial charge in [-0.05, 0) is 46.8 Å². The number of thioether (sulfide) groups is 2. The fourth-order valence-corrected chi connectivity index (χ4v) is 8.00. The molecule has 0 aromatic heterocycles. The number of nitrogens with zero attached hydrogens (tertiary/aromatic N) is 3. The van der Waals surface area contributed by atoms with Gasteiger partial charge < -0.3 is 4.90 Å². The number of para-hydroxylation sites is 1. The highest BCUT2D eigenvalue weighted by Gasteiger charge is 2.77. The Labute approximate surface area is 199 Å². The first-order valence-corrected chi connectivity index (χ1v) is 12.5. The van der Waals surface area contributed by atoms with Crippen LogP contribution in [0.2, 0.25) is 0 Å². The van der Waals surface area contributed by atoms with Crippen LogP contribution in [0.25, 0.3) is 11.1 Å². The zero-order valence-electron chi connectivity index (χ0n) is 17.9. The number of fused-ring (bicyclic) bond motifs is 6. The van der Waals surface area contributed by atoms with E-state index in [9.17, 15) is 14.9 Å². The van der Waals surface area contributed by atoms with Crippen LogP contribution < -0.4 is 4.90 Å². The van der Waals surface area contributed by atoms with Crippen LogP contribution in [0.3, 0.4) is 0 Å². The molecule has 1 spiro atoms. The largest absolute Gasteiger partial charge is 0.328 e. The monoisotopic (exact) mass is 473 g/mol. The molecule has 0 saturated carbocycles. The molecule has 3 aromatic carbocycles. The van der Waals surface area contributed by atoms with Crippen LogP contribution in [-0.2, 0) is 10.3 Å². The lowest BCUT2D eigenvalue weighted by Gasteiger charge is -2.29. The van der Waals surface area contributed by atoms with Crippen LogP contribution in [0.5, 0.6) is 0 Å². The van der Waals surface area contributed by atoms with Crippen molar-refractivity contribution in [2.24, 2.45) is 4.99 Å². The van der Waals surface area contributed by atoms with Crippen molar-refractivity contribution in [3.8, 4) is 11.1 Å². The number of aliphatic imine (C=N–C) groups is 1. The van der Waals surface area contributed by atoms with E-state index in [1.807, 2.05) is 72.8 Å². The number of benzene rings is 3. The number of amides is 1. The number of hydrogen-bond donors (Lipinski definition) is 0. The number of likely N-dealkylation sites (N-methyl/N-ethyl adjacent to an activating group) is 1. The summed E-state index contributed by atoms with van der Waals surface area (Å²) in [6.07, 6.45) is 1.80. The minimum Gasteiger partial charge on any atom is -0.313 e. The highest BCUT2D eigenvalue weighted by Crippen LogP contribution is 2.68. The summed E-state index contributed by atoms with van der Waals surface area (Å²) < 4.78 is 0. The van der Waals surface area contributed by atoms with Crippen molar-refractivity contribution in [3.63, 3.8) is 0 Å². The molecular weight excluding hydrogens is 454 g/mol. The maximum absolute atomic E-state index is 13.8. The van der Waals surface area contributed by atoms with E-state index in [2.05, 4.69) is 0 Å². The average molecular weight is 474 g/mol. The Morgan fingerprint density at radius 2 is 1.79 bits per heavy atom. The van der Waals surface area contributed by atoms with Gasteiger partial charge in [0.25, 0.3) is 5.91 Å². The third-order valence-corrected chi connectivity index (χ3v) is 9.24. The summed E-state index contributed by atoms with van der Waals surface area (Å²) in [4.78, 5) is 32.2. The number of hydrogen-bond acceptors (Lipinski definition) is 6. The molecule has 3 aliphatic heterocycles. The van der Waals surface area contributed by atoms with Gasteiger partial charge in [0, 0.05) is 28.1 Å². The summed E-state index contributed by atoms with van der Waals surface area (Å²) in [5.74, 6) is -0.949. The Hall–Kier alpha value is -3.10. The van der Waals surface area contributed by atoms with E-state index in [0.717, 1.165) is 32.8 Å². The second-order valence-corrected chi connectivity index (χ2v) is 10.4. The molecule has 0 radical (unpaired) electrons. The number of carbonyl (C=O) groups excluding carboxylic acids is 1. The van der Waals surface area contributed by atoms with Crippen molar-refractivity contribution in [1.82, 2.24) is 0 Å². The Kier molecular flexibility index (Phi) is 4.32. The van der Waals surface area contributed by atoms with E-state index in [1.165, 1.54) is 23.5 Å². The van der Waals surface area contributed by atoms with Gasteiger partial charge in [-0.1, -0.05) is 60.7 Å². The molecular formula is C25H19N3O3S2. The van der Waals surface area contributed by atoms with Crippen molar-refractivity contribution in [3.05, 3.63) is 94.0 Å². The summed E-state index contributed by atoms with van der Waals surface area (Å²) in [6, 6.07) is 23.4. The van der Waals surface area contributed by atoms with Gasteiger partial charge in [-0.2, -0.15) is 0 Å². The molecule has 8 heteroatoms. The van der Waals surface area contributed by atoms with Gasteiger partial charge in [0.2, 0.25) is 0 Å². The zero-order valence-corrected chi connectivity index (χ0v) is 19.5. The van der Waals surface area contributed by atoms with Crippen LogP contribution in [0.4, 0.5) is 5.69 Å². The zero-order chi connectivity index (χ0) is 23.0. The number of carbonyl (C=O) groups is 1. The number of nitro groups is 1. The van der Waals surface area contributed by atoms with Gasteiger partial charge in [0.1, 0.15) is 5.92 Å². The lowest BCUT2D eigenvalue weighted by Crippen LogP contribution is -2.49. The number of rotatable bonds is 2. The fourth-order valence-electron chi connectivity index (χ4n) is 5.46. The Morgan fingerprint density at radius 1 is 1.06 bits per heavy atom. The molecule has 0 saturated heterocycles. The van der Waals surface area contributed by atoms with Crippen molar-refractivity contribution >= 4 is 40.2 Å². The van der Waals surface area contributed by atoms with E-state index < -0.39 is 16.3 Å². The van der Waals surface area contributed by atoms with E-state index >= 15 is 0 Å². The molecule has 3 heterocycles. The highest BCUT2D eigenvalue weighted by atomic mass is 32.2. The van der Waals surface area contributed by atoms with E-state index in [4.69, 9.17) is 4.99 Å². The fraction of sp³-hybridized carbons (Fsp3) is 0.200. The molecule has 6 rings (SSSR count). The highest BCUT2D eigenvalue weighted by molar-refractivity contribution is 8.16. The Bertz CT molecular complexity index is 1380. The predicted octanol–water partition coefficient (Wildman–Crippen LogP) is 5.16. The summed E-state index contributed by atoms with van der Waals surface area (Å²) in [5.41, 5.74) is 2.99. The molecule has 0 unspecified atom stereocenters. The molecule has 3 aliphatic rings. The summed E-state index contributed by atoms with van der Waals surface area (Å²) >= 11 is 2.48. The van der Waals surface area contributed by atoms with Crippen molar-refractivity contribution < 1.29 is 9.72 Å². The standard InChI is InChI=1S/C25H19N3O3S2/c1-27-19-11-7-6-10-18(19)24(23(27)29)21-17-13-12-16(15-8-4-3-5-9-15)14-20(17)33-25(21,28(30)31)22(26-24)32-2/h3-14,21H,1-2H3/t21-,24+,25-/m0/s1. The smallest absolute Gasteiger partial charge is 0.313 e. The minimum atomic E-state index is -1.54. The van der Waals surface area contributed by atoms with E-state index in [-0.39, 0.29) is 10.8 Å². The van der Waals surface area contributed by atoms with Crippen LogP contribution in [0.15, 0.2) is 82.7 Å². The second kappa shape index (κ2) is 6.95. The van der Waals surface area contributed by atoms with E-state index in [1.54, 1.807) is 18.2 Å². The first kappa shape index (κ1) is 20.5. The van der Waals surface area contributed by atoms with Gasteiger partial charge >= 0.3 is 4.87 Å². The summed E-state index contributed by atoms with van der Waals surface area (Å²) in [5, 5.41) is 13.2. The molecule has 0 N–H and O–H groups in total. The molecule has 0 bridgehead atoms. The summed E-state index contributed by atoms with van der Waals surface area (Å²) in [6.45, 7) is 0. The third kappa shape index (κ3) is 2.42. The maximum atomic E-state index is 13.8. The molecule has 3 aromatic rings. The van der Waals surface area contributed by atoms with E-state index in [0.29, 0.717) is 5.04 Å². The lowest BCUT2D eigenvalue weighted by molar-refractivity contribution is -0.519. The molecule has 6 nitrogen and oxygen atoms in total. The van der Waals surface area contributed by atoms with Crippen LogP contribution in [0.1, 0.15) is 17.0 Å². The predicted molar refractivity (Wildman–Crippen MR) is 133 cm³/mol. The Balaban J connectivity index is 1.63. The summed E-state index contributed by atoms with van der Waals surface area (Å²) in [7, 11) is 1.72. The van der Waals surface area contributed by atoms with Crippen molar-refractivity contribution in [2.75, 3.05) is 18.2 Å². The van der Waals surface area contributed by atoms with Gasteiger partial charge in [-0.25, -0.2) is 0 Å². The second-order valence-electron chi connectivity index (χ2n) is 8.38. The molecule has 164 valence electrons. The van der Waals surface area contributed by atoms with Crippen molar-refractivity contribution in [2.45, 2.75) is 21.2 Å². The quantitative estimate of drug-likeness (QED) is 0.379. The molecule has 3 atom stereocenters. The number of anilines is 1. The van der Waals surface area contributed by atoms with Crippen molar-refractivity contribution in [1.29, 1.82) is 0 Å². The van der Waals surface area contributed by atoms with Crippen LogP contribution >= 0.6 is 23.5 Å². The molecule has 0 fully saturated rings. The van der Waals surface area contributed by atoms with Crippen LogP contribution in [-0.4, -0.2) is 34.0 Å². The Morgan fingerprint density at radius 3 is 2.52 bits per heavy atom. The van der Waals surface area contributed by atoms with Gasteiger partial charge in [0.05, 0.1) is 0 Å². The third-order valence-electron chi connectivity index (χ3n) is 6.86.